The fourth-order valence-electron chi connectivity index (χ4n) is 2.95. The first-order valence-corrected chi connectivity index (χ1v) is 7.26. The molecule has 1 aromatic carbocycles. The molecular weight excluding hydrogens is 288 g/mol. The molecule has 1 heterocycles. The van der Waals surface area contributed by atoms with Gasteiger partial charge in [-0.05, 0) is 62.7 Å². The number of benzene rings is 1. The quantitative estimate of drug-likeness (QED) is 0.874. The van der Waals surface area contributed by atoms with Gasteiger partial charge in [-0.25, -0.2) is 0 Å². The van der Waals surface area contributed by atoms with Crippen LogP contribution in [0.5, 0.6) is 11.5 Å². The van der Waals surface area contributed by atoms with Gasteiger partial charge < -0.3 is 14.8 Å². The summed E-state index contributed by atoms with van der Waals surface area (Å²) in [6.45, 7) is 6.60. The van der Waals surface area contributed by atoms with Gasteiger partial charge in [0.2, 0.25) is 0 Å². The first-order valence-electron chi connectivity index (χ1n) is 7.26. The van der Waals surface area contributed by atoms with Crippen LogP contribution in [-0.4, -0.2) is 45.8 Å². The van der Waals surface area contributed by atoms with Crippen LogP contribution in [0, 0.1) is 12.8 Å². The van der Waals surface area contributed by atoms with Crippen molar-refractivity contribution < 1.29 is 9.47 Å². The highest BCUT2D eigenvalue weighted by Crippen LogP contribution is 2.31. The fraction of sp³-hybridized carbons (Fsp3) is 0.625. The second-order valence-corrected chi connectivity index (χ2v) is 5.58. The highest BCUT2D eigenvalue weighted by Gasteiger charge is 2.22. The van der Waals surface area contributed by atoms with Crippen LogP contribution in [0.25, 0.3) is 0 Å². The normalized spacial score (nSPS) is 18.4. The second kappa shape index (κ2) is 8.47. The number of hydrogen-bond donors (Lipinski definition) is 1. The summed E-state index contributed by atoms with van der Waals surface area (Å²) in [7, 11) is 5.40. The van der Waals surface area contributed by atoms with Gasteiger partial charge in [0.25, 0.3) is 0 Å². The number of halogens is 1. The van der Waals surface area contributed by atoms with Crippen LogP contribution in [0.2, 0.25) is 0 Å². The second-order valence-electron chi connectivity index (χ2n) is 5.58. The summed E-state index contributed by atoms with van der Waals surface area (Å²) in [6.07, 6.45) is 1.28. The summed E-state index contributed by atoms with van der Waals surface area (Å²) in [5.74, 6) is 2.41. The number of rotatable bonds is 6. The van der Waals surface area contributed by atoms with Crippen molar-refractivity contribution in [2.24, 2.45) is 5.92 Å². The third-order valence-corrected chi connectivity index (χ3v) is 4.10. The summed E-state index contributed by atoms with van der Waals surface area (Å²) in [5, 5.41) is 3.28. The first kappa shape index (κ1) is 18.1. The van der Waals surface area contributed by atoms with Gasteiger partial charge in [-0.15, -0.1) is 12.4 Å². The number of hydrogen-bond acceptors (Lipinski definition) is 4. The van der Waals surface area contributed by atoms with E-state index >= 15 is 0 Å². The maximum Gasteiger partial charge on any atom is 0.161 e. The van der Waals surface area contributed by atoms with Crippen LogP contribution in [0.1, 0.15) is 17.5 Å². The molecule has 120 valence electrons. The average molecular weight is 315 g/mol. The van der Waals surface area contributed by atoms with Crippen molar-refractivity contribution in [2.75, 3.05) is 40.9 Å². The highest BCUT2D eigenvalue weighted by atomic mass is 35.5. The molecule has 0 saturated carbocycles. The summed E-state index contributed by atoms with van der Waals surface area (Å²) in [4.78, 5) is 2.52. The highest BCUT2D eigenvalue weighted by molar-refractivity contribution is 5.85. The molecule has 1 aromatic rings. The number of likely N-dealkylation sites (tertiary alicyclic amines) is 1. The molecule has 1 aliphatic heterocycles. The first-order chi connectivity index (χ1) is 9.67. The van der Waals surface area contributed by atoms with E-state index in [-0.39, 0.29) is 12.4 Å². The van der Waals surface area contributed by atoms with E-state index < -0.39 is 0 Å². The Balaban J connectivity index is 0.00000220. The molecule has 0 radical (unpaired) electrons. The van der Waals surface area contributed by atoms with Crippen LogP contribution in [-0.2, 0) is 6.54 Å². The van der Waals surface area contributed by atoms with E-state index in [2.05, 4.69) is 29.3 Å². The number of ether oxygens (including phenoxy) is 2. The van der Waals surface area contributed by atoms with Crippen LogP contribution in [0.4, 0.5) is 0 Å². The van der Waals surface area contributed by atoms with E-state index in [9.17, 15) is 0 Å². The van der Waals surface area contributed by atoms with Crippen molar-refractivity contribution in [3.63, 3.8) is 0 Å². The maximum atomic E-state index is 5.40. The zero-order valence-corrected chi connectivity index (χ0v) is 14.3. The van der Waals surface area contributed by atoms with E-state index in [0.717, 1.165) is 30.5 Å². The van der Waals surface area contributed by atoms with Gasteiger partial charge in [0.1, 0.15) is 0 Å². The Kier molecular flexibility index (Phi) is 7.29. The van der Waals surface area contributed by atoms with Gasteiger partial charge >= 0.3 is 0 Å². The molecule has 0 bridgehead atoms. The van der Waals surface area contributed by atoms with E-state index in [1.807, 2.05) is 7.05 Å². The van der Waals surface area contributed by atoms with Gasteiger partial charge in [-0.3, -0.25) is 4.90 Å². The van der Waals surface area contributed by atoms with E-state index in [1.54, 1.807) is 14.2 Å². The lowest BCUT2D eigenvalue weighted by Crippen LogP contribution is -2.24. The molecule has 1 atom stereocenters. The Hall–Kier alpha value is -0.970. The van der Waals surface area contributed by atoms with Crippen LogP contribution in [0.3, 0.4) is 0 Å². The molecule has 1 unspecified atom stereocenters. The lowest BCUT2D eigenvalue weighted by molar-refractivity contribution is 0.312. The third-order valence-electron chi connectivity index (χ3n) is 4.10. The Labute approximate surface area is 134 Å². The third kappa shape index (κ3) is 4.50. The zero-order valence-electron chi connectivity index (χ0n) is 13.4. The standard InChI is InChI=1S/C16H26N2O2.ClH/c1-12-7-15(19-3)16(20-4)8-14(12)11-18-6-5-13(10-18)9-17-2;/h7-8,13,17H,5-6,9-11H2,1-4H3;1H. The van der Waals surface area contributed by atoms with Gasteiger partial charge in [0, 0.05) is 13.1 Å². The number of methoxy groups -OCH3 is 2. The van der Waals surface area contributed by atoms with E-state index in [1.165, 1.54) is 30.6 Å². The molecule has 1 aliphatic rings. The summed E-state index contributed by atoms with van der Waals surface area (Å²) in [5.41, 5.74) is 2.59. The Morgan fingerprint density at radius 3 is 2.52 bits per heavy atom. The topological polar surface area (TPSA) is 33.7 Å². The molecule has 0 aliphatic carbocycles. The van der Waals surface area contributed by atoms with Crippen LogP contribution < -0.4 is 14.8 Å². The van der Waals surface area contributed by atoms with Crippen LogP contribution >= 0.6 is 12.4 Å². The predicted octanol–water partition coefficient (Wildman–Crippen LogP) is 2.48. The summed E-state index contributed by atoms with van der Waals surface area (Å²) < 4.78 is 10.7. The van der Waals surface area contributed by atoms with Crippen molar-refractivity contribution in [1.29, 1.82) is 0 Å². The van der Waals surface area contributed by atoms with E-state index in [0.29, 0.717) is 0 Å². The SMILES string of the molecule is CNCC1CCN(Cc2cc(OC)c(OC)cc2C)C1.Cl. The van der Waals surface area contributed by atoms with Gasteiger partial charge in [-0.1, -0.05) is 0 Å². The molecule has 21 heavy (non-hydrogen) atoms. The lowest BCUT2D eigenvalue weighted by atomic mass is 10.1. The van der Waals surface area contributed by atoms with Crippen molar-refractivity contribution in [3.05, 3.63) is 23.3 Å². The van der Waals surface area contributed by atoms with Gasteiger partial charge in [0.15, 0.2) is 11.5 Å². The van der Waals surface area contributed by atoms with Crippen molar-refractivity contribution in [3.8, 4) is 11.5 Å². The summed E-state index contributed by atoms with van der Waals surface area (Å²) >= 11 is 0. The summed E-state index contributed by atoms with van der Waals surface area (Å²) in [6, 6.07) is 4.18. The molecule has 1 saturated heterocycles. The number of aryl methyl sites for hydroxylation is 1. The molecule has 5 heteroatoms. The van der Waals surface area contributed by atoms with E-state index in [4.69, 9.17) is 9.47 Å². The predicted molar refractivity (Wildman–Crippen MR) is 88.8 cm³/mol. The molecule has 4 nitrogen and oxygen atoms in total. The minimum absolute atomic E-state index is 0. The molecule has 0 spiro atoms. The monoisotopic (exact) mass is 314 g/mol. The molecule has 0 amide bonds. The molecule has 1 N–H and O–H groups in total. The maximum absolute atomic E-state index is 5.40. The lowest BCUT2D eigenvalue weighted by Gasteiger charge is -2.19. The average Bonchev–Trinajstić information content (AvgIpc) is 2.88. The molecular formula is C16H27ClN2O2. The molecule has 2 rings (SSSR count). The minimum atomic E-state index is 0. The van der Waals surface area contributed by atoms with Crippen LogP contribution in [0.15, 0.2) is 12.1 Å². The molecule has 1 fully saturated rings. The number of nitrogens with zero attached hydrogens (tertiary/aromatic N) is 1. The molecule has 0 aromatic heterocycles. The fourth-order valence-corrected chi connectivity index (χ4v) is 2.95. The Bertz CT molecular complexity index is 454. The minimum Gasteiger partial charge on any atom is -0.493 e. The number of nitrogens with one attached hydrogen (secondary N) is 1. The van der Waals surface area contributed by atoms with Crippen molar-refractivity contribution in [2.45, 2.75) is 19.9 Å². The van der Waals surface area contributed by atoms with Crippen molar-refractivity contribution in [1.82, 2.24) is 10.2 Å². The van der Waals surface area contributed by atoms with Gasteiger partial charge in [0.05, 0.1) is 14.2 Å². The Morgan fingerprint density at radius 1 is 1.24 bits per heavy atom. The Morgan fingerprint density at radius 2 is 1.90 bits per heavy atom. The van der Waals surface area contributed by atoms with Gasteiger partial charge in [-0.2, -0.15) is 0 Å². The smallest absolute Gasteiger partial charge is 0.161 e. The van der Waals surface area contributed by atoms with Crippen molar-refractivity contribution >= 4 is 12.4 Å². The largest absolute Gasteiger partial charge is 0.493 e. The zero-order chi connectivity index (χ0) is 14.5.